The van der Waals surface area contributed by atoms with Crippen LogP contribution in [0.3, 0.4) is 0 Å². The van der Waals surface area contributed by atoms with Crippen LogP contribution >= 0.6 is 0 Å². The summed E-state index contributed by atoms with van der Waals surface area (Å²) >= 11 is 0. The summed E-state index contributed by atoms with van der Waals surface area (Å²) in [5.74, 6) is -0.273. The minimum absolute atomic E-state index is 0.273. The van der Waals surface area contributed by atoms with E-state index in [1.54, 1.807) is 6.07 Å². The Kier molecular flexibility index (Phi) is 6.23. The molecule has 7 heteroatoms. The van der Waals surface area contributed by atoms with Crippen LogP contribution in [0, 0.1) is 0 Å². The molecule has 1 saturated heterocycles. The number of carbonyl (C=O) groups excluding carboxylic acids is 1. The highest BCUT2D eigenvalue weighted by Gasteiger charge is 2.42. The van der Waals surface area contributed by atoms with Gasteiger partial charge in [0.15, 0.2) is 0 Å². The minimum atomic E-state index is -4.44. The van der Waals surface area contributed by atoms with Crippen molar-refractivity contribution in [2.75, 3.05) is 33.0 Å². The van der Waals surface area contributed by atoms with E-state index < -0.39 is 17.2 Å². The van der Waals surface area contributed by atoms with Gasteiger partial charge in [-0.25, -0.2) is 0 Å². The Morgan fingerprint density at radius 2 is 2.04 bits per heavy atom. The van der Waals surface area contributed by atoms with Gasteiger partial charge in [-0.2, -0.15) is 13.2 Å². The van der Waals surface area contributed by atoms with Crippen molar-refractivity contribution < 1.29 is 27.4 Å². The van der Waals surface area contributed by atoms with E-state index in [2.05, 4.69) is 5.32 Å². The Balaban J connectivity index is 2.26. The number of carbonyl (C=O) groups is 1. The van der Waals surface area contributed by atoms with Gasteiger partial charge < -0.3 is 14.8 Å². The Labute approximate surface area is 139 Å². The van der Waals surface area contributed by atoms with Crippen LogP contribution in [0.2, 0.25) is 0 Å². The topological polar surface area (TPSA) is 47.6 Å². The number of rotatable bonds is 6. The molecule has 0 atom stereocenters. The second-order valence-electron chi connectivity index (χ2n) is 5.73. The normalized spacial score (nSPS) is 17.5. The summed E-state index contributed by atoms with van der Waals surface area (Å²) in [5, 5.41) is 2.78. The van der Waals surface area contributed by atoms with E-state index in [0.29, 0.717) is 51.4 Å². The first kappa shape index (κ1) is 18.7. The summed E-state index contributed by atoms with van der Waals surface area (Å²) in [6, 6.07) is 5.03. The maximum absolute atomic E-state index is 13.0. The van der Waals surface area contributed by atoms with Gasteiger partial charge in [-0.15, -0.1) is 0 Å². The first-order chi connectivity index (χ1) is 11.4. The summed E-state index contributed by atoms with van der Waals surface area (Å²) in [7, 11) is 0. The van der Waals surface area contributed by atoms with Gasteiger partial charge in [-0.3, -0.25) is 4.79 Å². The molecule has 0 aromatic heterocycles. The first-order valence-corrected chi connectivity index (χ1v) is 8.01. The second-order valence-corrected chi connectivity index (χ2v) is 5.73. The lowest BCUT2D eigenvalue weighted by molar-refractivity contribution is -0.138. The maximum atomic E-state index is 13.0. The van der Waals surface area contributed by atoms with Crippen LogP contribution in [0.1, 0.15) is 30.9 Å². The molecule has 0 radical (unpaired) electrons. The van der Waals surface area contributed by atoms with Crippen LogP contribution in [0.4, 0.5) is 13.2 Å². The number of alkyl halides is 3. The molecule has 0 bridgehead atoms. The third kappa shape index (κ3) is 4.27. The highest BCUT2D eigenvalue weighted by molar-refractivity contribution is 5.88. The Morgan fingerprint density at radius 3 is 2.67 bits per heavy atom. The molecular weight excluding hydrogens is 323 g/mol. The molecule has 1 aromatic rings. The molecule has 1 fully saturated rings. The smallest absolute Gasteiger partial charge is 0.381 e. The molecule has 0 saturated carbocycles. The van der Waals surface area contributed by atoms with E-state index in [1.807, 2.05) is 6.92 Å². The van der Waals surface area contributed by atoms with Gasteiger partial charge in [0, 0.05) is 26.4 Å². The molecule has 1 N–H and O–H groups in total. The van der Waals surface area contributed by atoms with E-state index in [4.69, 9.17) is 9.47 Å². The average Bonchev–Trinajstić information content (AvgIpc) is 2.58. The molecule has 24 heavy (non-hydrogen) atoms. The largest absolute Gasteiger partial charge is 0.416 e. The zero-order valence-corrected chi connectivity index (χ0v) is 13.6. The van der Waals surface area contributed by atoms with E-state index in [1.165, 1.54) is 6.07 Å². The summed E-state index contributed by atoms with van der Waals surface area (Å²) in [6.45, 7) is 3.78. The Hall–Kier alpha value is -1.60. The zero-order chi connectivity index (χ0) is 17.6. The van der Waals surface area contributed by atoms with E-state index in [-0.39, 0.29) is 5.91 Å². The van der Waals surface area contributed by atoms with Crippen LogP contribution in [-0.2, 0) is 25.9 Å². The van der Waals surface area contributed by atoms with E-state index in [9.17, 15) is 18.0 Å². The molecule has 1 amide bonds. The number of hydrogen-bond acceptors (Lipinski definition) is 3. The van der Waals surface area contributed by atoms with Crippen molar-refractivity contribution in [1.29, 1.82) is 0 Å². The van der Waals surface area contributed by atoms with Crippen LogP contribution in [0.5, 0.6) is 0 Å². The third-order valence-electron chi connectivity index (χ3n) is 4.26. The molecule has 1 aliphatic rings. The zero-order valence-electron chi connectivity index (χ0n) is 13.6. The SMILES string of the molecule is CCOCCNC(=O)C1(c2cccc(C(F)(F)F)c2)CCOCC1. The van der Waals surface area contributed by atoms with Gasteiger partial charge in [0.05, 0.1) is 17.6 Å². The summed E-state index contributed by atoms with van der Waals surface area (Å²) in [5.41, 5.74) is -1.35. The monoisotopic (exact) mass is 345 g/mol. The highest BCUT2D eigenvalue weighted by Crippen LogP contribution is 2.38. The van der Waals surface area contributed by atoms with Crippen molar-refractivity contribution in [2.24, 2.45) is 0 Å². The Morgan fingerprint density at radius 1 is 1.33 bits per heavy atom. The number of nitrogens with one attached hydrogen (secondary N) is 1. The lowest BCUT2D eigenvalue weighted by Gasteiger charge is -2.36. The van der Waals surface area contributed by atoms with Crippen LogP contribution in [-0.4, -0.2) is 38.9 Å². The fourth-order valence-electron chi connectivity index (χ4n) is 2.91. The number of halogens is 3. The molecule has 0 aliphatic carbocycles. The number of benzene rings is 1. The summed E-state index contributed by atoms with van der Waals surface area (Å²) in [6.07, 6.45) is -3.72. The summed E-state index contributed by atoms with van der Waals surface area (Å²) in [4.78, 5) is 12.7. The van der Waals surface area contributed by atoms with Crippen molar-refractivity contribution in [1.82, 2.24) is 5.32 Å². The molecule has 1 aromatic carbocycles. The maximum Gasteiger partial charge on any atom is 0.416 e. The Bertz CT molecular complexity index is 554. The predicted octanol–water partition coefficient (Wildman–Crippen LogP) is 2.91. The van der Waals surface area contributed by atoms with Gasteiger partial charge in [-0.1, -0.05) is 18.2 Å². The number of hydrogen-bond donors (Lipinski definition) is 1. The van der Waals surface area contributed by atoms with Crippen LogP contribution in [0.25, 0.3) is 0 Å². The van der Waals surface area contributed by atoms with Gasteiger partial charge >= 0.3 is 6.18 Å². The number of ether oxygens (including phenoxy) is 2. The minimum Gasteiger partial charge on any atom is -0.381 e. The van der Waals surface area contributed by atoms with Crippen LogP contribution in [0.15, 0.2) is 24.3 Å². The molecule has 1 aliphatic heterocycles. The first-order valence-electron chi connectivity index (χ1n) is 8.01. The molecule has 2 rings (SSSR count). The van der Waals surface area contributed by atoms with Gasteiger partial charge in [0.25, 0.3) is 0 Å². The van der Waals surface area contributed by atoms with Crippen molar-refractivity contribution >= 4 is 5.91 Å². The van der Waals surface area contributed by atoms with Crippen molar-refractivity contribution in [2.45, 2.75) is 31.4 Å². The number of amides is 1. The van der Waals surface area contributed by atoms with Gasteiger partial charge in [0.1, 0.15) is 0 Å². The van der Waals surface area contributed by atoms with Gasteiger partial charge in [-0.05, 0) is 31.4 Å². The van der Waals surface area contributed by atoms with E-state index in [0.717, 1.165) is 12.1 Å². The standard InChI is InChI=1S/C17H22F3NO3/c1-2-23-11-8-21-15(22)16(6-9-24-10-7-16)13-4-3-5-14(12-13)17(18,19)20/h3-5,12H,2,6-11H2,1H3,(H,21,22). The fourth-order valence-corrected chi connectivity index (χ4v) is 2.91. The summed E-state index contributed by atoms with van der Waals surface area (Å²) < 4.78 is 49.5. The molecule has 0 unspecified atom stereocenters. The highest BCUT2D eigenvalue weighted by atomic mass is 19.4. The molecule has 0 spiro atoms. The van der Waals surface area contributed by atoms with Crippen LogP contribution < -0.4 is 5.32 Å². The molecule has 134 valence electrons. The van der Waals surface area contributed by atoms with Crippen molar-refractivity contribution in [3.8, 4) is 0 Å². The lowest BCUT2D eigenvalue weighted by atomic mass is 9.73. The van der Waals surface area contributed by atoms with E-state index >= 15 is 0 Å². The third-order valence-corrected chi connectivity index (χ3v) is 4.26. The fraction of sp³-hybridized carbons (Fsp3) is 0.588. The average molecular weight is 345 g/mol. The molecular formula is C17H22F3NO3. The quantitative estimate of drug-likeness (QED) is 0.807. The molecule has 1 heterocycles. The van der Waals surface area contributed by atoms with Crippen molar-refractivity contribution in [3.63, 3.8) is 0 Å². The lowest BCUT2D eigenvalue weighted by Crippen LogP contribution is -2.48. The van der Waals surface area contributed by atoms with Crippen molar-refractivity contribution in [3.05, 3.63) is 35.4 Å². The molecule has 4 nitrogen and oxygen atoms in total. The van der Waals surface area contributed by atoms with Gasteiger partial charge in [0.2, 0.25) is 5.91 Å². The second kappa shape index (κ2) is 7.98. The predicted molar refractivity (Wildman–Crippen MR) is 82.7 cm³/mol.